The highest BCUT2D eigenvalue weighted by Crippen LogP contribution is 2.35. The predicted octanol–water partition coefficient (Wildman–Crippen LogP) is 4.10. The number of allylic oxidation sites excluding steroid dienone is 1. The van der Waals surface area contributed by atoms with E-state index in [0.717, 1.165) is 5.92 Å². The lowest BCUT2D eigenvalue weighted by Gasteiger charge is -2.39. The summed E-state index contributed by atoms with van der Waals surface area (Å²) in [6.07, 6.45) is 8.83. The number of rotatable bonds is 6. The van der Waals surface area contributed by atoms with E-state index in [-0.39, 0.29) is 0 Å². The molecule has 1 aliphatic heterocycles. The second-order valence-electron chi connectivity index (χ2n) is 5.80. The first-order valence-corrected chi connectivity index (χ1v) is 6.98. The summed E-state index contributed by atoms with van der Waals surface area (Å²) in [6.45, 7) is 14.8. The predicted molar refractivity (Wildman–Crippen MR) is 72.7 cm³/mol. The Kier molecular flexibility index (Phi) is 5.54. The van der Waals surface area contributed by atoms with Crippen molar-refractivity contribution in [2.24, 2.45) is 11.3 Å². The molecule has 94 valence electrons. The first kappa shape index (κ1) is 13.8. The molecule has 0 N–H and O–H groups in total. The zero-order valence-electron chi connectivity index (χ0n) is 11.5. The van der Waals surface area contributed by atoms with Gasteiger partial charge in [-0.25, -0.2) is 0 Å². The van der Waals surface area contributed by atoms with Crippen molar-refractivity contribution in [3.63, 3.8) is 0 Å². The molecule has 0 atom stereocenters. The SMILES string of the molecule is C=CC1(CC)CCN(CCCC(C)C)CC1. The van der Waals surface area contributed by atoms with E-state index in [1.165, 1.54) is 51.7 Å². The fraction of sp³-hybridized carbons (Fsp3) is 0.867. The van der Waals surface area contributed by atoms with E-state index >= 15 is 0 Å². The van der Waals surface area contributed by atoms with Crippen LogP contribution >= 0.6 is 0 Å². The van der Waals surface area contributed by atoms with Crippen LogP contribution in [0.3, 0.4) is 0 Å². The minimum Gasteiger partial charge on any atom is -0.303 e. The summed E-state index contributed by atoms with van der Waals surface area (Å²) in [7, 11) is 0. The average molecular weight is 223 g/mol. The summed E-state index contributed by atoms with van der Waals surface area (Å²) in [4.78, 5) is 2.64. The molecule has 1 heterocycles. The van der Waals surface area contributed by atoms with Crippen LogP contribution in [-0.2, 0) is 0 Å². The van der Waals surface area contributed by atoms with Gasteiger partial charge in [-0.3, -0.25) is 0 Å². The summed E-state index contributed by atoms with van der Waals surface area (Å²) in [5.74, 6) is 0.854. The van der Waals surface area contributed by atoms with E-state index in [4.69, 9.17) is 0 Å². The maximum atomic E-state index is 4.02. The molecule has 1 saturated heterocycles. The molecule has 16 heavy (non-hydrogen) atoms. The number of piperidine rings is 1. The summed E-state index contributed by atoms with van der Waals surface area (Å²) >= 11 is 0. The molecule has 0 amide bonds. The third kappa shape index (κ3) is 3.93. The van der Waals surface area contributed by atoms with Crippen molar-refractivity contribution in [2.45, 2.75) is 52.9 Å². The Bertz CT molecular complexity index is 199. The van der Waals surface area contributed by atoms with Crippen LogP contribution in [0.2, 0.25) is 0 Å². The number of likely N-dealkylation sites (tertiary alicyclic amines) is 1. The molecule has 1 nitrogen and oxygen atoms in total. The van der Waals surface area contributed by atoms with Gasteiger partial charge < -0.3 is 4.90 Å². The van der Waals surface area contributed by atoms with Crippen LogP contribution in [0.4, 0.5) is 0 Å². The number of hydrogen-bond acceptors (Lipinski definition) is 1. The van der Waals surface area contributed by atoms with Crippen molar-refractivity contribution in [2.75, 3.05) is 19.6 Å². The number of hydrogen-bond donors (Lipinski definition) is 0. The Morgan fingerprint density at radius 3 is 2.38 bits per heavy atom. The topological polar surface area (TPSA) is 3.24 Å². The molecule has 0 aromatic rings. The standard InChI is InChI=1S/C15H29N/c1-5-15(6-2)9-12-16(13-10-15)11-7-8-14(3)4/h5,14H,1,6-13H2,2-4H3. The van der Waals surface area contributed by atoms with Crippen LogP contribution < -0.4 is 0 Å². The Balaban J connectivity index is 2.24. The molecule has 0 aromatic carbocycles. The van der Waals surface area contributed by atoms with Crippen LogP contribution in [-0.4, -0.2) is 24.5 Å². The zero-order chi connectivity index (χ0) is 12.0. The molecule has 0 saturated carbocycles. The van der Waals surface area contributed by atoms with Gasteiger partial charge in [0.05, 0.1) is 0 Å². The van der Waals surface area contributed by atoms with E-state index in [0.29, 0.717) is 5.41 Å². The molecule has 1 aliphatic rings. The van der Waals surface area contributed by atoms with E-state index in [1.807, 2.05) is 0 Å². The third-order valence-electron chi connectivity index (χ3n) is 4.24. The summed E-state index contributed by atoms with van der Waals surface area (Å²) in [5, 5.41) is 0. The molecule has 0 spiro atoms. The Morgan fingerprint density at radius 2 is 1.94 bits per heavy atom. The zero-order valence-corrected chi connectivity index (χ0v) is 11.5. The third-order valence-corrected chi connectivity index (χ3v) is 4.24. The fourth-order valence-corrected chi connectivity index (χ4v) is 2.65. The van der Waals surface area contributed by atoms with Crippen molar-refractivity contribution in [1.29, 1.82) is 0 Å². The second kappa shape index (κ2) is 6.44. The van der Waals surface area contributed by atoms with Crippen LogP contribution in [0.15, 0.2) is 12.7 Å². The van der Waals surface area contributed by atoms with Gasteiger partial charge in [-0.05, 0) is 63.1 Å². The summed E-state index contributed by atoms with van der Waals surface area (Å²) in [6, 6.07) is 0. The van der Waals surface area contributed by atoms with E-state index in [1.54, 1.807) is 0 Å². The molecule has 0 bridgehead atoms. The van der Waals surface area contributed by atoms with Gasteiger partial charge in [-0.15, -0.1) is 6.58 Å². The summed E-state index contributed by atoms with van der Waals surface area (Å²) in [5.41, 5.74) is 0.453. The lowest BCUT2D eigenvalue weighted by molar-refractivity contribution is 0.134. The smallest absolute Gasteiger partial charge is 0.00104 e. The van der Waals surface area contributed by atoms with Gasteiger partial charge in [-0.1, -0.05) is 26.8 Å². The van der Waals surface area contributed by atoms with Crippen molar-refractivity contribution in [3.8, 4) is 0 Å². The summed E-state index contributed by atoms with van der Waals surface area (Å²) < 4.78 is 0. The minimum atomic E-state index is 0.453. The monoisotopic (exact) mass is 223 g/mol. The van der Waals surface area contributed by atoms with E-state index in [2.05, 4.69) is 38.3 Å². The van der Waals surface area contributed by atoms with E-state index in [9.17, 15) is 0 Å². The highest BCUT2D eigenvalue weighted by Gasteiger charge is 2.29. The Hall–Kier alpha value is -0.300. The Labute approximate surface area is 102 Å². The number of nitrogens with zero attached hydrogens (tertiary/aromatic N) is 1. The lowest BCUT2D eigenvalue weighted by atomic mass is 9.76. The fourth-order valence-electron chi connectivity index (χ4n) is 2.65. The molecule has 1 fully saturated rings. The second-order valence-corrected chi connectivity index (χ2v) is 5.80. The maximum absolute atomic E-state index is 4.02. The Morgan fingerprint density at radius 1 is 1.31 bits per heavy atom. The van der Waals surface area contributed by atoms with Gasteiger partial charge >= 0.3 is 0 Å². The highest BCUT2D eigenvalue weighted by molar-refractivity contribution is 4.97. The molecular formula is C15H29N. The quantitative estimate of drug-likeness (QED) is 0.613. The molecule has 1 heteroatoms. The van der Waals surface area contributed by atoms with Gasteiger partial charge in [0.1, 0.15) is 0 Å². The van der Waals surface area contributed by atoms with Crippen LogP contribution in [0, 0.1) is 11.3 Å². The molecule has 1 rings (SSSR count). The van der Waals surface area contributed by atoms with Crippen LogP contribution in [0.1, 0.15) is 52.9 Å². The van der Waals surface area contributed by atoms with Gasteiger partial charge in [0.15, 0.2) is 0 Å². The molecule has 0 aliphatic carbocycles. The normalized spacial score (nSPS) is 21.2. The van der Waals surface area contributed by atoms with Gasteiger partial charge in [-0.2, -0.15) is 0 Å². The minimum absolute atomic E-state index is 0.453. The highest BCUT2D eigenvalue weighted by atomic mass is 15.1. The van der Waals surface area contributed by atoms with Gasteiger partial charge in [0.2, 0.25) is 0 Å². The van der Waals surface area contributed by atoms with Crippen LogP contribution in [0.5, 0.6) is 0 Å². The molecule has 0 unspecified atom stereocenters. The largest absolute Gasteiger partial charge is 0.303 e. The van der Waals surface area contributed by atoms with Gasteiger partial charge in [0.25, 0.3) is 0 Å². The molecule has 0 radical (unpaired) electrons. The van der Waals surface area contributed by atoms with Crippen molar-refractivity contribution in [1.82, 2.24) is 4.90 Å². The van der Waals surface area contributed by atoms with Crippen molar-refractivity contribution >= 4 is 0 Å². The maximum Gasteiger partial charge on any atom is -0.00104 e. The first-order chi connectivity index (χ1) is 7.62. The van der Waals surface area contributed by atoms with Crippen LogP contribution in [0.25, 0.3) is 0 Å². The van der Waals surface area contributed by atoms with Crippen molar-refractivity contribution in [3.05, 3.63) is 12.7 Å². The van der Waals surface area contributed by atoms with E-state index < -0.39 is 0 Å². The average Bonchev–Trinajstić information content (AvgIpc) is 2.30. The van der Waals surface area contributed by atoms with Gasteiger partial charge in [0, 0.05) is 0 Å². The first-order valence-electron chi connectivity index (χ1n) is 6.98. The molecule has 0 aromatic heterocycles. The molecular weight excluding hydrogens is 194 g/mol. The van der Waals surface area contributed by atoms with Crippen molar-refractivity contribution < 1.29 is 0 Å². The lowest BCUT2D eigenvalue weighted by Crippen LogP contribution is -2.39.